The normalized spacial score (nSPS) is 12.9. The second-order valence-corrected chi connectivity index (χ2v) is 4.43. The van der Waals surface area contributed by atoms with Gasteiger partial charge >= 0.3 is 0 Å². The summed E-state index contributed by atoms with van der Waals surface area (Å²) in [6, 6.07) is 0. The molecule has 9 heteroatoms. The van der Waals surface area contributed by atoms with E-state index in [0.717, 1.165) is 4.68 Å². The third-order valence-electron chi connectivity index (χ3n) is 2.87. The highest BCUT2D eigenvalue weighted by atomic mass is 16.5. The number of aliphatic hydroxyl groups excluding tert-OH is 1. The first-order valence-electron chi connectivity index (χ1n) is 6.26. The molecule has 0 saturated carbocycles. The van der Waals surface area contributed by atoms with Crippen LogP contribution in [0.25, 0.3) is 11.0 Å². The van der Waals surface area contributed by atoms with Crippen LogP contribution in [0, 0.1) is 0 Å². The molecule has 0 fully saturated rings. The van der Waals surface area contributed by atoms with Crippen molar-refractivity contribution < 1.29 is 9.84 Å². The summed E-state index contributed by atoms with van der Waals surface area (Å²) in [7, 11) is 3.30. The number of nitrogens with one attached hydrogen (secondary N) is 1. The lowest BCUT2D eigenvalue weighted by atomic mass is 10.3. The van der Waals surface area contributed by atoms with Crippen molar-refractivity contribution in [1.82, 2.24) is 30.1 Å². The molecule has 0 bridgehead atoms. The molecule has 1 atom stereocenters. The average molecular weight is 282 g/mol. The molecule has 0 aromatic carbocycles. The summed E-state index contributed by atoms with van der Waals surface area (Å²) in [4.78, 5) is 12.1. The number of aliphatic hydroxyl groups is 1. The number of methoxy groups -OCH3 is 1. The molecule has 110 valence electrons. The van der Waals surface area contributed by atoms with Crippen molar-refractivity contribution in [3.8, 4) is 0 Å². The molecule has 0 spiro atoms. The minimum atomic E-state index is -0.729. The molecule has 2 aromatic rings. The summed E-state index contributed by atoms with van der Waals surface area (Å²) in [5.41, 5.74) is 0.123. The Morgan fingerprint density at radius 2 is 2.35 bits per heavy atom. The topological polar surface area (TPSA) is 107 Å². The molecule has 0 aliphatic rings. The Bertz CT molecular complexity index is 622. The summed E-state index contributed by atoms with van der Waals surface area (Å²) < 4.78 is 7.51. The molecule has 9 nitrogen and oxygen atoms in total. The highest BCUT2D eigenvalue weighted by Crippen LogP contribution is 2.01. The highest BCUT2D eigenvalue weighted by Gasteiger charge is 2.12. The second-order valence-electron chi connectivity index (χ2n) is 4.43. The average Bonchev–Trinajstić information content (AvgIpc) is 2.80. The summed E-state index contributed by atoms with van der Waals surface area (Å²) in [6.07, 6.45) is 0.722. The van der Waals surface area contributed by atoms with E-state index < -0.39 is 6.10 Å². The van der Waals surface area contributed by atoms with Crippen LogP contribution in [0.1, 0.15) is 0 Å². The lowest BCUT2D eigenvalue weighted by Gasteiger charge is -2.12. The van der Waals surface area contributed by atoms with Gasteiger partial charge in [0.2, 0.25) is 0 Å². The van der Waals surface area contributed by atoms with E-state index >= 15 is 0 Å². The quantitative estimate of drug-likeness (QED) is 0.572. The summed E-state index contributed by atoms with van der Waals surface area (Å²) in [5.74, 6) is 0. The SMILES string of the molecule is COCCNCC(O)Cn1nnc2c(cnn2C)c1=O. The molecule has 0 saturated heterocycles. The molecule has 0 radical (unpaired) electrons. The zero-order chi connectivity index (χ0) is 14.5. The van der Waals surface area contributed by atoms with Crippen molar-refractivity contribution in [1.29, 1.82) is 0 Å². The number of hydrogen-bond donors (Lipinski definition) is 2. The van der Waals surface area contributed by atoms with Gasteiger partial charge < -0.3 is 15.2 Å². The molecule has 2 rings (SSSR count). The number of rotatable bonds is 7. The molecular formula is C11H18N6O3. The van der Waals surface area contributed by atoms with E-state index in [2.05, 4.69) is 20.7 Å². The summed E-state index contributed by atoms with van der Waals surface area (Å²) in [5, 5.41) is 24.9. The van der Waals surface area contributed by atoms with Crippen molar-refractivity contribution in [2.45, 2.75) is 12.6 Å². The molecule has 1 unspecified atom stereocenters. The van der Waals surface area contributed by atoms with Crippen molar-refractivity contribution in [3.05, 3.63) is 16.6 Å². The van der Waals surface area contributed by atoms with E-state index in [9.17, 15) is 9.90 Å². The van der Waals surface area contributed by atoms with Crippen LogP contribution in [0.4, 0.5) is 0 Å². The molecule has 2 heterocycles. The van der Waals surface area contributed by atoms with Crippen LogP contribution in [0.15, 0.2) is 11.0 Å². The van der Waals surface area contributed by atoms with E-state index in [1.54, 1.807) is 14.2 Å². The lowest BCUT2D eigenvalue weighted by molar-refractivity contribution is 0.137. The van der Waals surface area contributed by atoms with Gasteiger partial charge in [-0.05, 0) is 0 Å². The number of hydrogen-bond acceptors (Lipinski definition) is 7. The molecule has 0 aliphatic carbocycles. The zero-order valence-corrected chi connectivity index (χ0v) is 11.5. The predicted molar refractivity (Wildman–Crippen MR) is 71.3 cm³/mol. The van der Waals surface area contributed by atoms with Crippen LogP contribution in [-0.4, -0.2) is 62.8 Å². The van der Waals surface area contributed by atoms with Crippen LogP contribution in [-0.2, 0) is 18.3 Å². The fourth-order valence-corrected chi connectivity index (χ4v) is 1.80. The van der Waals surface area contributed by atoms with Crippen LogP contribution in [0.3, 0.4) is 0 Å². The Morgan fingerprint density at radius 1 is 1.55 bits per heavy atom. The van der Waals surface area contributed by atoms with E-state index in [0.29, 0.717) is 30.7 Å². The summed E-state index contributed by atoms with van der Waals surface area (Å²) in [6.45, 7) is 1.63. The van der Waals surface area contributed by atoms with Crippen molar-refractivity contribution >= 4 is 11.0 Å². The Balaban J connectivity index is 2.02. The van der Waals surface area contributed by atoms with E-state index in [1.807, 2.05) is 0 Å². The van der Waals surface area contributed by atoms with E-state index in [1.165, 1.54) is 10.9 Å². The first kappa shape index (κ1) is 14.6. The third-order valence-corrected chi connectivity index (χ3v) is 2.87. The summed E-state index contributed by atoms with van der Waals surface area (Å²) >= 11 is 0. The molecule has 0 aliphatic heterocycles. The van der Waals surface area contributed by atoms with Gasteiger partial charge in [-0.3, -0.25) is 4.79 Å². The van der Waals surface area contributed by atoms with E-state index in [4.69, 9.17) is 4.74 Å². The minimum absolute atomic E-state index is 0.0800. The Kier molecular flexibility index (Phi) is 4.77. The predicted octanol–water partition coefficient (Wildman–Crippen LogP) is -1.88. The standard InChI is InChI=1S/C11H18N6O3/c1-16-10-9(6-13-16)11(19)17(15-14-10)7-8(18)5-12-3-4-20-2/h6,8,12,18H,3-5,7H2,1-2H3. The van der Waals surface area contributed by atoms with Gasteiger partial charge in [-0.25, -0.2) is 9.36 Å². The van der Waals surface area contributed by atoms with Gasteiger partial charge in [0.1, 0.15) is 5.39 Å². The zero-order valence-electron chi connectivity index (χ0n) is 11.5. The Labute approximate surface area is 115 Å². The van der Waals surface area contributed by atoms with Crippen molar-refractivity contribution in [2.75, 3.05) is 26.8 Å². The fraction of sp³-hybridized carbons (Fsp3) is 0.636. The third kappa shape index (κ3) is 3.18. The van der Waals surface area contributed by atoms with Gasteiger partial charge in [0, 0.05) is 27.2 Å². The maximum absolute atomic E-state index is 12.1. The fourth-order valence-electron chi connectivity index (χ4n) is 1.80. The Morgan fingerprint density at radius 3 is 3.10 bits per heavy atom. The van der Waals surface area contributed by atoms with E-state index in [-0.39, 0.29) is 12.1 Å². The smallest absolute Gasteiger partial charge is 0.280 e. The van der Waals surface area contributed by atoms with Crippen LogP contribution < -0.4 is 10.9 Å². The van der Waals surface area contributed by atoms with Crippen molar-refractivity contribution in [3.63, 3.8) is 0 Å². The molecule has 0 amide bonds. The maximum Gasteiger partial charge on any atom is 0.280 e. The van der Waals surface area contributed by atoms with Gasteiger partial charge in [-0.1, -0.05) is 5.21 Å². The molecule has 20 heavy (non-hydrogen) atoms. The van der Waals surface area contributed by atoms with Gasteiger partial charge in [0.25, 0.3) is 5.56 Å². The number of aromatic nitrogens is 5. The van der Waals surface area contributed by atoms with Crippen LogP contribution in [0.5, 0.6) is 0 Å². The second kappa shape index (κ2) is 6.55. The van der Waals surface area contributed by atoms with Gasteiger partial charge in [-0.2, -0.15) is 5.10 Å². The first-order valence-corrected chi connectivity index (χ1v) is 6.26. The number of nitrogens with zero attached hydrogens (tertiary/aromatic N) is 5. The monoisotopic (exact) mass is 282 g/mol. The molecular weight excluding hydrogens is 264 g/mol. The van der Waals surface area contributed by atoms with Gasteiger partial charge in [0.05, 0.1) is 25.5 Å². The van der Waals surface area contributed by atoms with Crippen molar-refractivity contribution in [2.24, 2.45) is 7.05 Å². The van der Waals surface area contributed by atoms with Crippen LogP contribution in [0.2, 0.25) is 0 Å². The van der Waals surface area contributed by atoms with Gasteiger partial charge in [0.15, 0.2) is 5.65 Å². The number of fused-ring (bicyclic) bond motifs is 1. The highest BCUT2D eigenvalue weighted by molar-refractivity contribution is 5.72. The maximum atomic E-state index is 12.1. The Hall–Kier alpha value is -1.84. The lowest BCUT2D eigenvalue weighted by Crippen LogP contribution is -2.36. The number of aryl methyl sites for hydroxylation is 1. The molecule has 2 N–H and O–H groups in total. The van der Waals surface area contributed by atoms with Gasteiger partial charge in [-0.15, -0.1) is 5.10 Å². The minimum Gasteiger partial charge on any atom is -0.390 e. The number of ether oxygens (including phenoxy) is 1. The first-order chi connectivity index (χ1) is 9.63. The van der Waals surface area contributed by atoms with Crippen LogP contribution >= 0.6 is 0 Å². The molecule has 2 aromatic heterocycles. The largest absolute Gasteiger partial charge is 0.390 e.